The number of rotatable bonds is 12. The summed E-state index contributed by atoms with van der Waals surface area (Å²) >= 11 is 4.65. The van der Waals surface area contributed by atoms with Crippen molar-refractivity contribution in [3.63, 3.8) is 0 Å². The zero-order valence-corrected chi connectivity index (χ0v) is 39.4. The van der Waals surface area contributed by atoms with E-state index in [4.69, 9.17) is 8.85 Å². The Bertz CT molecular complexity index is 1190. The predicted molar refractivity (Wildman–Crippen MR) is 235 cm³/mol. The van der Waals surface area contributed by atoms with Crippen molar-refractivity contribution in [1.29, 1.82) is 0 Å². The van der Waals surface area contributed by atoms with Crippen molar-refractivity contribution in [1.82, 2.24) is 0 Å². The molecule has 0 amide bonds. The summed E-state index contributed by atoms with van der Waals surface area (Å²) in [6, 6.07) is 16.3. The minimum absolute atomic E-state index is 0.173. The van der Waals surface area contributed by atoms with Gasteiger partial charge in [0.25, 0.3) is 0 Å². The van der Waals surface area contributed by atoms with Gasteiger partial charge in [-0.2, -0.15) is 0 Å². The molecular weight excluding hydrogens is 878 g/mol. The molecule has 2 saturated carbocycles. The van der Waals surface area contributed by atoms with E-state index in [1.807, 2.05) is 24.3 Å². The van der Waals surface area contributed by atoms with Crippen LogP contribution in [0.3, 0.4) is 0 Å². The standard InChI is InChI=1S/2C21H35IO2Si/c2*1-21(2,3)25(4,5)24-20(16-11-7-6-8-12-16)15-19(23)17-13-9-10-14-18(17)22/h2*9-10,13-14,16,19-20,23H,6-8,11-12,15H2,1-5H3/t2*19-,20+/m11/s1. The molecule has 0 spiro atoms. The summed E-state index contributed by atoms with van der Waals surface area (Å²) in [5, 5.41) is 22.3. The van der Waals surface area contributed by atoms with Crippen LogP contribution >= 0.6 is 45.2 Å². The quantitative estimate of drug-likeness (QED) is 0.164. The first-order chi connectivity index (χ1) is 23.2. The minimum atomic E-state index is -1.85. The fourth-order valence-corrected chi connectivity index (χ4v) is 11.3. The van der Waals surface area contributed by atoms with Crippen molar-refractivity contribution >= 4 is 61.8 Å². The van der Waals surface area contributed by atoms with Crippen LogP contribution in [0.4, 0.5) is 0 Å². The molecular formula is C42H70I2O4Si2. The summed E-state index contributed by atoms with van der Waals surface area (Å²) in [6.45, 7) is 23.1. The Morgan fingerprint density at radius 3 is 1.16 bits per heavy atom. The molecule has 2 aliphatic rings. The Hall–Kier alpha value is 0.174. The Kier molecular flexibility index (Phi) is 17.5. The highest BCUT2D eigenvalue weighted by molar-refractivity contribution is 14.1. The van der Waals surface area contributed by atoms with E-state index in [0.717, 1.165) is 31.1 Å². The van der Waals surface area contributed by atoms with Gasteiger partial charge in [-0.05, 0) is 142 Å². The molecule has 4 rings (SSSR count). The molecule has 284 valence electrons. The van der Waals surface area contributed by atoms with Gasteiger partial charge in [-0.25, -0.2) is 0 Å². The maximum Gasteiger partial charge on any atom is 0.192 e. The van der Waals surface area contributed by atoms with Gasteiger partial charge in [0.1, 0.15) is 0 Å². The van der Waals surface area contributed by atoms with Crippen molar-refractivity contribution in [3.8, 4) is 0 Å². The molecule has 2 fully saturated rings. The maximum atomic E-state index is 10.9. The van der Waals surface area contributed by atoms with Crippen LogP contribution < -0.4 is 0 Å². The minimum Gasteiger partial charge on any atom is -0.414 e. The highest BCUT2D eigenvalue weighted by Crippen LogP contribution is 2.43. The second kappa shape index (κ2) is 19.7. The Morgan fingerprint density at radius 2 is 0.880 bits per heavy atom. The van der Waals surface area contributed by atoms with Crippen molar-refractivity contribution in [2.45, 2.75) is 179 Å². The zero-order valence-electron chi connectivity index (χ0n) is 33.0. The summed E-state index contributed by atoms with van der Waals surface area (Å²) in [4.78, 5) is 0. The first-order valence-electron chi connectivity index (χ1n) is 19.4. The summed E-state index contributed by atoms with van der Waals surface area (Å²) in [5.74, 6) is 1.19. The molecule has 0 heterocycles. The molecule has 0 radical (unpaired) electrons. The van der Waals surface area contributed by atoms with Crippen LogP contribution in [0.5, 0.6) is 0 Å². The molecule has 2 N–H and O–H groups in total. The van der Waals surface area contributed by atoms with E-state index in [2.05, 4.69) is 137 Å². The maximum absolute atomic E-state index is 10.9. The number of aliphatic hydroxyl groups excluding tert-OH is 2. The number of aliphatic hydroxyl groups is 2. The fraction of sp³-hybridized carbons (Fsp3) is 0.714. The van der Waals surface area contributed by atoms with Crippen LogP contribution in [0.25, 0.3) is 0 Å². The lowest BCUT2D eigenvalue weighted by atomic mass is 9.83. The third kappa shape index (κ3) is 13.2. The highest BCUT2D eigenvalue weighted by Gasteiger charge is 2.43. The van der Waals surface area contributed by atoms with E-state index in [9.17, 15) is 10.2 Å². The third-order valence-electron chi connectivity index (χ3n) is 12.3. The lowest BCUT2D eigenvalue weighted by molar-refractivity contribution is 0.0374. The van der Waals surface area contributed by atoms with Gasteiger partial charge in [-0.1, -0.05) is 116 Å². The van der Waals surface area contributed by atoms with Crippen LogP contribution in [0, 0.1) is 19.0 Å². The fourth-order valence-electron chi connectivity index (χ4n) is 6.98. The van der Waals surface area contributed by atoms with Crippen molar-refractivity contribution in [2.75, 3.05) is 0 Å². The lowest BCUT2D eigenvalue weighted by Crippen LogP contribution is -2.46. The van der Waals surface area contributed by atoms with E-state index in [1.54, 1.807) is 0 Å². The molecule has 2 aliphatic carbocycles. The number of benzene rings is 2. The SMILES string of the molecule is CC(C)(C)[Si](C)(C)O[C@@H](C[C@@H](O)c1ccccc1I)C1CCCCC1.CC(C)(C)[Si](C)(C)O[C@@H](C[C@@H](O)c1ccccc1I)C1CCCCC1. The third-order valence-corrected chi connectivity index (χ3v) is 23.3. The first kappa shape index (κ1) is 44.6. The van der Waals surface area contributed by atoms with Crippen LogP contribution in [0.1, 0.15) is 142 Å². The topological polar surface area (TPSA) is 58.9 Å². The smallest absolute Gasteiger partial charge is 0.192 e. The van der Waals surface area contributed by atoms with Crippen LogP contribution in [0.2, 0.25) is 36.3 Å². The van der Waals surface area contributed by atoms with E-state index >= 15 is 0 Å². The van der Waals surface area contributed by atoms with Crippen LogP contribution in [-0.4, -0.2) is 39.1 Å². The first-order valence-corrected chi connectivity index (χ1v) is 27.4. The van der Waals surface area contributed by atoms with Crippen molar-refractivity contribution < 1.29 is 19.1 Å². The van der Waals surface area contributed by atoms with E-state index in [-0.39, 0.29) is 22.3 Å². The van der Waals surface area contributed by atoms with E-state index in [0.29, 0.717) is 11.8 Å². The summed E-state index contributed by atoms with van der Waals surface area (Å²) < 4.78 is 16.0. The second-order valence-corrected chi connectivity index (χ2v) is 30.0. The molecule has 0 unspecified atom stereocenters. The molecule has 2 aromatic carbocycles. The van der Waals surface area contributed by atoms with Gasteiger partial charge in [0.05, 0.1) is 24.4 Å². The number of hydrogen-bond acceptors (Lipinski definition) is 4. The average Bonchev–Trinajstić information content (AvgIpc) is 3.04. The molecule has 0 bridgehead atoms. The lowest BCUT2D eigenvalue weighted by Gasteiger charge is -2.43. The van der Waals surface area contributed by atoms with Gasteiger partial charge in [0.2, 0.25) is 0 Å². The largest absolute Gasteiger partial charge is 0.414 e. The molecule has 0 saturated heterocycles. The molecule has 4 atom stereocenters. The Labute approximate surface area is 336 Å². The predicted octanol–water partition coefficient (Wildman–Crippen LogP) is 13.4. The summed E-state index contributed by atoms with van der Waals surface area (Å²) in [5.41, 5.74) is 2.09. The van der Waals surface area contributed by atoms with Gasteiger partial charge in [0, 0.05) is 20.0 Å². The van der Waals surface area contributed by atoms with E-state index < -0.39 is 28.8 Å². The van der Waals surface area contributed by atoms with Crippen LogP contribution in [0.15, 0.2) is 48.5 Å². The van der Waals surface area contributed by atoms with Gasteiger partial charge >= 0.3 is 0 Å². The van der Waals surface area contributed by atoms with Crippen molar-refractivity contribution in [3.05, 3.63) is 66.8 Å². The molecule has 0 aromatic heterocycles. The van der Waals surface area contributed by atoms with Crippen molar-refractivity contribution in [2.24, 2.45) is 11.8 Å². The highest BCUT2D eigenvalue weighted by atomic mass is 127. The number of halogens is 2. The average molecular weight is 949 g/mol. The normalized spacial score (nSPS) is 19.6. The zero-order chi connectivity index (χ0) is 37.3. The van der Waals surface area contributed by atoms with Crippen LogP contribution in [-0.2, 0) is 8.85 Å². The molecule has 0 aliphatic heterocycles. The van der Waals surface area contributed by atoms with E-state index in [1.165, 1.54) is 64.2 Å². The monoisotopic (exact) mass is 948 g/mol. The Balaban J connectivity index is 0.000000270. The van der Waals surface area contributed by atoms with Gasteiger partial charge in [-0.15, -0.1) is 0 Å². The summed E-state index contributed by atoms with van der Waals surface area (Å²) in [7, 11) is -3.69. The number of hydrogen-bond donors (Lipinski definition) is 2. The van der Waals surface area contributed by atoms with Gasteiger partial charge in [-0.3, -0.25) is 0 Å². The van der Waals surface area contributed by atoms with Gasteiger partial charge in [0.15, 0.2) is 16.6 Å². The molecule has 2 aromatic rings. The van der Waals surface area contributed by atoms with Gasteiger partial charge < -0.3 is 19.1 Å². The molecule has 50 heavy (non-hydrogen) atoms. The summed E-state index contributed by atoms with van der Waals surface area (Å²) in [6.07, 6.45) is 13.8. The molecule has 4 nitrogen and oxygen atoms in total. The molecule has 8 heteroatoms. The second-order valence-electron chi connectivity index (χ2n) is 18.2. The Morgan fingerprint density at radius 1 is 0.580 bits per heavy atom.